The van der Waals surface area contributed by atoms with E-state index in [1.165, 1.54) is 50.2 Å². The molecule has 8 nitrogen and oxygen atoms in total. The van der Waals surface area contributed by atoms with Crippen molar-refractivity contribution < 1.29 is 13.6 Å². The normalized spacial score (nSPS) is 12.2. The van der Waals surface area contributed by atoms with Crippen LogP contribution in [-0.2, 0) is 0 Å². The average molecular weight is 1080 g/mol. The zero-order valence-electron chi connectivity index (χ0n) is 48.7. The molecule has 14 rings (SSSR count). The van der Waals surface area contributed by atoms with Crippen LogP contribution < -0.4 is 4.74 Å². The van der Waals surface area contributed by atoms with E-state index in [2.05, 4.69) is 240 Å². The monoisotopic (exact) mass is 1080 g/mol. The van der Waals surface area contributed by atoms with Gasteiger partial charge in [0.2, 0.25) is 0 Å². The third-order valence-corrected chi connectivity index (χ3v) is 16.6. The Kier molecular flexibility index (Phi) is 12.5. The number of furan rings is 2. The maximum Gasteiger partial charge on any atom is 0.156 e. The van der Waals surface area contributed by atoms with E-state index in [0.29, 0.717) is 22.7 Å². The van der Waals surface area contributed by atoms with Crippen molar-refractivity contribution in [3.05, 3.63) is 222 Å². The highest BCUT2D eigenvalue weighted by Crippen LogP contribution is 2.47. The van der Waals surface area contributed by atoms with Crippen LogP contribution in [0.5, 0.6) is 11.5 Å². The van der Waals surface area contributed by atoms with Crippen LogP contribution in [0.4, 0.5) is 0 Å². The Morgan fingerprint density at radius 1 is 0.373 bits per heavy atom. The molecule has 0 aliphatic heterocycles. The van der Waals surface area contributed by atoms with Crippen molar-refractivity contribution in [3.63, 3.8) is 0 Å². The van der Waals surface area contributed by atoms with E-state index in [9.17, 15) is 0 Å². The number of hydrogen-bond acceptors (Lipinski definition) is 6. The molecule has 5 aromatic heterocycles. The van der Waals surface area contributed by atoms with Gasteiger partial charge in [0, 0.05) is 38.9 Å². The molecular weight excluding hydrogens is 1020 g/mol. The average Bonchev–Trinajstić information content (AvgIpc) is 2.55. The van der Waals surface area contributed by atoms with Crippen LogP contribution in [0.2, 0.25) is 0 Å². The molecule has 0 saturated carbocycles. The first-order valence-corrected chi connectivity index (χ1v) is 29.2. The minimum absolute atomic E-state index is 0.178. The second kappa shape index (κ2) is 20.2. The summed E-state index contributed by atoms with van der Waals surface area (Å²) in [5.41, 5.74) is 22.4. The molecule has 0 fully saturated rings. The van der Waals surface area contributed by atoms with E-state index >= 15 is 0 Å². The van der Waals surface area contributed by atoms with Gasteiger partial charge in [-0.05, 0) is 167 Å². The summed E-state index contributed by atoms with van der Waals surface area (Å²) in [6.07, 6.45) is 0. The van der Waals surface area contributed by atoms with Crippen LogP contribution in [0.3, 0.4) is 0 Å². The van der Waals surface area contributed by atoms with Gasteiger partial charge in [-0.2, -0.15) is 0 Å². The number of imidazole rings is 2. The minimum atomic E-state index is 0.178. The molecule has 5 heterocycles. The molecule has 0 saturated heterocycles. The van der Waals surface area contributed by atoms with E-state index in [0.717, 1.165) is 94.6 Å². The molecule has 0 atom stereocenters. The molecule has 8 heteroatoms. The van der Waals surface area contributed by atoms with Crippen molar-refractivity contribution >= 4 is 65.9 Å². The molecule has 0 unspecified atom stereocenters. The molecule has 0 aliphatic carbocycles. The maximum atomic E-state index is 7.28. The standard InChI is InChI=1S/C75H65N5O3/c1-42(2)55-34-51(48-22-13-11-14-23-48)35-56(43(3)4)70(55)79-66-30-19-17-28-64(66)77-74(79)50-26-21-27-53(33-50)81-54-38-62-60-40-59-61-32-46(9)76-47(10)72(61)82-68(59)41-69(60)83-73(62)63(39-54)75-78-65-29-18-20-31-67(65)80(75)71-57(44(5)6)36-52(37-58(71)45(7)8)49-24-15-12-16-25-49/h11-45H,1-10H3. The first-order valence-electron chi connectivity index (χ1n) is 29.2. The Labute approximate surface area is 483 Å². The van der Waals surface area contributed by atoms with Gasteiger partial charge in [-0.1, -0.05) is 152 Å². The Morgan fingerprint density at radius 3 is 1.39 bits per heavy atom. The van der Waals surface area contributed by atoms with Crippen molar-refractivity contribution in [3.8, 4) is 67.9 Å². The molecule has 9 aromatic carbocycles. The second-order valence-corrected chi connectivity index (χ2v) is 23.6. The van der Waals surface area contributed by atoms with Gasteiger partial charge >= 0.3 is 0 Å². The molecule has 0 N–H and O–H groups in total. The maximum absolute atomic E-state index is 7.28. The lowest BCUT2D eigenvalue weighted by Gasteiger charge is -2.24. The molecule has 0 aliphatic rings. The number of benzene rings is 9. The zero-order valence-corrected chi connectivity index (χ0v) is 48.7. The highest BCUT2D eigenvalue weighted by molar-refractivity contribution is 6.17. The number of aromatic nitrogens is 5. The lowest BCUT2D eigenvalue weighted by Crippen LogP contribution is -2.09. The topological polar surface area (TPSA) is 84.0 Å². The third kappa shape index (κ3) is 8.78. The fraction of sp³-hybridized carbons (Fsp3) is 0.187. The number of fused-ring (bicyclic) bond motifs is 8. The van der Waals surface area contributed by atoms with Crippen LogP contribution in [0.1, 0.15) is 113 Å². The molecule has 14 aromatic rings. The third-order valence-electron chi connectivity index (χ3n) is 16.6. The van der Waals surface area contributed by atoms with E-state index < -0.39 is 0 Å². The van der Waals surface area contributed by atoms with Crippen LogP contribution in [0, 0.1) is 13.8 Å². The highest BCUT2D eigenvalue weighted by Gasteiger charge is 2.29. The first kappa shape index (κ1) is 51.6. The summed E-state index contributed by atoms with van der Waals surface area (Å²) in [4.78, 5) is 15.8. The Bertz CT molecular complexity index is 4800. The molecule has 0 bridgehead atoms. The minimum Gasteiger partial charge on any atom is -0.457 e. The van der Waals surface area contributed by atoms with Crippen LogP contribution in [0.25, 0.3) is 122 Å². The number of para-hydroxylation sites is 4. The SMILES string of the molecule is Cc1cc2c(oc3cc4oc5c(-c6nc7ccccc7n6-c6c(C(C)C)cc(-c7ccccc7)cc6C(C)C)cc(Oc6cccc(-c7nc8ccccc8n7-c7c(C(C)C)cc(-c8ccccc8)cc7C(C)C)c6)cc5c4cc32)c(C)n1. The van der Waals surface area contributed by atoms with E-state index in [1.54, 1.807) is 0 Å². The summed E-state index contributed by atoms with van der Waals surface area (Å²) < 4.78 is 25.8. The zero-order chi connectivity index (χ0) is 56.9. The van der Waals surface area contributed by atoms with Crippen molar-refractivity contribution in [1.29, 1.82) is 0 Å². The molecule has 83 heavy (non-hydrogen) atoms. The first-order chi connectivity index (χ1) is 40.3. The summed E-state index contributed by atoms with van der Waals surface area (Å²) in [7, 11) is 0. The highest BCUT2D eigenvalue weighted by atomic mass is 16.5. The lowest BCUT2D eigenvalue weighted by atomic mass is 9.88. The summed E-state index contributed by atoms with van der Waals surface area (Å²) in [6, 6.07) is 66.9. The summed E-state index contributed by atoms with van der Waals surface area (Å²) in [6.45, 7) is 22.4. The van der Waals surface area contributed by atoms with Gasteiger partial charge in [0.15, 0.2) is 5.58 Å². The fourth-order valence-corrected chi connectivity index (χ4v) is 12.6. The van der Waals surface area contributed by atoms with Gasteiger partial charge in [0.05, 0.1) is 44.7 Å². The van der Waals surface area contributed by atoms with Gasteiger partial charge in [-0.25, -0.2) is 9.97 Å². The van der Waals surface area contributed by atoms with Gasteiger partial charge in [0.1, 0.15) is 39.9 Å². The molecule has 408 valence electrons. The van der Waals surface area contributed by atoms with E-state index in [1.807, 2.05) is 26.0 Å². The Balaban J connectivity index is 0.993. The lowest BCUT2D eigenvalue weighted by molar-refractivity contribution is 0.483. The van der Waals surface area contributed by atoms with Gasteiger partial charge < -0.3 is 13.6 Å². The van der Waals surface area contributed by atoms with Gasteiger partial charge in [0.25, 0.3) is 0 Å². The molecule has 0 spiro atoms. The number of rotatable bonds is 12. The number of hydrogen-bond donors (Lipinski definition) is 0. The number of nitrogens with zero attached hydrogens (tertiary/aromatic N) is 5. The predicted molar refractivity (Wildman–Crippen MR) is 342 cm³/mol. The Morgan fingerprint density at radius 2 is 0.843 bits per heavy atom. The van der Waals surface area contributed by atoms with Gasteiger partial charge in [-0.15, -0.1) is 0 Å². The Hall–Kier alpha value is -9.53. The molecule has 0 radical (unpaired) electrons. The summed E-state index contributed by atoms with van der Waals surface area (Å²) >= 11 is 0. The van der Waals surface area contributed by atoms with Gasteiger partial charge in [-0.3, -0.25) is 14.1 Å². The largest absolute Gasteiger partial charge is 0.457 e. The number of pyridine rings is 1. The van der Waals surface area contributed by atoms with E-state index in [4.69, 9.17) is 28.5 Å². The molecule has 0 amide bonds. The van der Waals surface area contributed by atoms with Crippen molar-refractivity contribution in [2.45, 2.75) is 92.9 Å². The van der Waals surface area contributed by atoms with Crippen molar-refractivity contribution in [2.75, 3.05) is 0 Å². The van der Waals surface area contributed by atoms with E-state index in [-0.39, 0.29) is 23.7 Å². The summed E-state index contributed by atoms with van der Waals surface area (Å²) in [5, 5.41) is 3.86. The van der Waals surface area contributed by atoms with Crippen LogP contribution in [0.15, 0.2) is 197 Å². The second-order valence-electron chi connectivity index (χ2n) is 23.6. The predicted octanol–water partition coefficient (Wildman–Crippen LogP) is 21.1. The van der Waals surface area contributed by atoms with Crippen molar-refractivity contribution in [2.24, 2.45) is 0 Å². The fourth-order valence-electron chi connectivity index (χ4n) is 12.6. The number of ether oxygens (including phenoxy) is 1. The smallest absolute Gasteiger partial charge is 0.156 e. The quantitative estimate of drug-likeness (QED) is 0.121. The number of aryl methyl sites for hydroxylation is 2. The summed E-state index contributed by atoms with van der Waals surface area (Å²) in [5.74, 6) is 3.71. The van der Waals surface area contributed by atoms with Crippen LogP contribution in [-0.4, -0.2) is 24.1 Å². The molecular formula is C75H65N5O3. The van der Waals surface area contributed by atoms with Crippen molar-refractivity contribution in [1.82, 2.24) is 24.1 Å². The van der Waals surface area contributed by atoms with Crippen LogP contribution >= 0.6 is 0 Å².